The number of aliphatic hydroxyl groups is 1. The van der Waals surface area contributed by atoms with Crippen LogP contribution < -0.4 is 0 Å². The molecule has 0 spiro atoms. The van der Waals surface area contributed by atoms with Gasteiger partial charge in [-0.05, 0) is 39.0 Å². The Morgan fingerprint density at radius 2 is 1.38 bits per heavy atom. The molecule has 5 nitrogen and oxygen atoms in total. The lowest BCUT2D eigenvalue weighted by Gasteiger charge is -2.17. The first kappa shape index (κ1) is 23.3. The molecular formula is C18H34O5S. The van der Waals surface area contributed by atoms with Gasteiger partial charge in [0.1, 0.15) is 0 Å². The Morgan fingerprint density at radius 1 is 0.917 bits per heavy atom. The van der Waals surface area contributed by atoms with Gasteiger partial charge < -0.3 is 5.11 Å². The van der Waals surface area contributed by atoms with Crippen LogP contribution >= 0.6 is 0 Å². The second-order valence-electron chi connectivity index (χ2n) is 6.51. The summed E-state index contributed by atoms with van der Waals surface area (Å²) in [4.78, 5) is 8.93. The quantitative estimate of drug-likeness (QED) is 0.256. The van der Waals surface area contributed by atoms with E-state index in [0.717, 1.165) is 45.4 Å². The molecule has 0 aliphatic carbocycles. The second-order valence-corrected chi connectivity index (χ2v) is 8.25. The summed E-state index contributed by atoms with van der Waals surface area (Å²) in [6.07, 6.45) is 16.4. The third kappa shape index (κ3) is 10.2. The Balaban J connectivity index is 3.58. The summed E-state index contributed by atoms with van der Waals surface area (Å²) in [6, 6.07) is 0. The summed E-state index contributed by atoms with van der Waals surface area (Å²) < 4.78 is 30.6. The van der Waals surface area contributed by atoms with E-state index in [0.29, 0.717) is 6.42 Å². The Morgan fingerprint density at radius 3 is 1.88 bits per heavy atom. The molecule has 0 saturated carbocycles. The predicted molar refractivity (Wildman–Crippen MR) is 97.4 cm³/mol. The molecule has 2 N–H and O–H groups in total. The third-order valence-corrected chi connectivity index (χ3v) is 5.42. The van der Waals surface area contributed by atoms with Gasteiger partial charge in [-0.25, -0.2) is 0 Å². The highest BCUT2D eigenvalue weighted by Crippen LogP contribution is 2.17. The first-order valence-corrected chi connectivity index (χ1v) is 10.5. The Hall–Kier alpha value is -0.720. The molecule has 6 heteroatoms. The van der Waals surface area contributed by atoms with Crippen molar-refractivity contribution in [3.8, 4) is 0 Å². The van der Waals surface area contributed by atoms with E-state index in [-0.39, 0.29) is 6.42 Å². The van der Waals surface area contributed by atoms with Crippen LogP contribution in [0.25, 0.3) is 0 Å². The molecule has 1 atom stereocenters. The number of unbranched alkanes of at least 4 members (excludes halogenated alkanes) is 9. The van der Waals surface area contributed by atoms with Crippen molar-refractivity contribution in [2.45, 2.75) is 95.8 Å². The van der Waals surface area contributed by atoms with Crippen molar-refractivity contribution >= 4 is 15.9 Å². The topological polar surface area (TPSA) is 91.7 Å². The normalized spacial score (nSPS) is 14.8. The average Bonchev–Trinajstić information content (AvgIpc) is 2.50. The van der Waals surface area contributed by atoms with E-state index < -0.39 is 20.8 Å². The maximum Gasteiger partial charge on any atom is 0.302 e. The van der Waals surface area contributed by atoms with Crippen molar-refractivity contribution < 1.29 is 22.9 Å². The Bertz CT molecular complexity index is 466. The smallest absolute Gasteiger partial charge is 0.302 e. The van der Waals surface area contributed by atoms with Crippen LogP contribution in [0.4, 0.5) is 0 Å². The van der Waals surface area contributed by atoms with Gasteiger partial charge >= 0.3 is 10.1 Å². The number of carbonyl (C=O) groups is 1. The molecule has 1 unspecified atom stereocenters. The highest BCUT2D eigenvalue weighted by atomic mass is 32.2. The van der Waals surface area contributed by atoms with Gasteiger partial charge in [-0.15, -0.1) is 0 Å². The summed E-state index contributed by atoms with van der Waals surface area (Å²) in [5.74, 6) is -0.851. The molecule has 142 valence electrons. The largest absolute Gasteiger partial charge is 0.367 e. The number of Topliss-reactive ketones (excluding diaryl/α,β-unsaturated/α-hetero) is 1. The van der Waals surface area contributed by atoms with Crippen molar-refractivity contribution in [2.24, 2.45) is 0 Å². The van der Waals surface area contributed by atoms with E-state index in [9.17, 15) is 18.3 Å². The minimum absolute atomic E-state index is 0.0372. The van der Waals surface area contributed by atoms with Gasteiger partial charge in [0.25, 0.3) is 0 Å². The molecule has 0 rings (SSSR count). The molecule has 0 saturated heterocycles. The van der Waals surface area contributed by atoms with Crippen molar-refractivity contribution in [1.29, 1.82) is 0 Å². The zero-order chi connectivity index (χ0) is 18.5. The van der Waals surface area contributed by atoms with Gasteiger partial charge in [0.2, 0.25) is 4.93 Å². The summed E-state index contributed by atoms with van der Waals surface area (Å²) in [7, 11) is -4.77. The van der Waals surface area contributed by atoms with Gasteiger partial charge in [-0.1, -0.05) is 57.6 Å². The van der Waals surface area contributed by atoms with E-state index in [1.807, 2.05) is 0 Å². The minimum atomic E-state index is -4.77. The molecule has 0 aromatic heterocycles. The van der Waals surface area contributed by atoms with Gasteiger partial charge in [0, 0.05) is 6.42 Å². The number of hydrogen-bond donors (Lipinski definition) is 2. The molecule has 0 aliphatic heterocycles. The zero-order valence-electron chi connectivity index (χ0n) is 15.2. The van der Waals surface area contributed by atoms with Gasteiger partial charge in [-0.3, -0.25) is 9.35 Å². The summed E-state index contributed by atoms with van der Waals surface area (Å²) in [5.41, 5.74) is 0. The minimum Gasteiger partial charge on any atom is -0.367 e. The molecule has 0 aromatic rings. The van der Waals surface area contributed by atoms with Crippen LogP contribution in [-0.4, -0.2) is 28.8 Å². The Kier molecular flexibility index (Phi) is 12.2. The highest BCUT2D eigenvalue weighted by Gasteiger charge is 2.42. The second kappa shape index (κ2) is 12.6. The molecule has 0 fully saturated rings. The van der Waals surface area contributed by atoms with E-state index in [4.69, 9.17) is 4.55 Å². The SMILES string of the molecule is CCCCCC/C=C\CCCCCCCC(=O)C(C)(O)S(=O)(=O)O. The Labute approximate surface area is 147 Å². The predicted octanol–water partition coefficient (Wildman–Crippen LogP) is 4.41. The maximum absolute atomic E-state index is 11.6. The molecule has 0 radical (unpaired) electrons. The standard InChI is InChI=1S/C18H34O5S/c1-3-4-5-6-7-8-9-10-11-12-13-14-15-16-17(19)18(2,20)24(21,22)23/h8-9,20H,3-7,10-16H2,1-2H3,(H,21,22,23)/b9-8-. The summed E-state index contributed by atoms with van der Waals surface area (Å²) in [6.45, 7) is 3.03. The first-order valence-electron chi connectivity index (χ1n) is 9.11. The lowest BCUT2D eigenvalue weighted by Crippen LogP contribution is -2.43. The monoisotopic (exact) mass is 362 g/mol. The molecule has 0 amide bonds. The van der Waals surface area contributed by atoms with Crippen LogP contribution in [0.5, 0.6) is 0 Å². The van der Waals surface area contributed by atoms with Crippen LogP contribution in [-0.2, 0) is 14.9 Å². The molecular weight excluding hydrogens is 328 g/mol. The van der Waals surface area contributed by atoms with Crippen molar-refractivity contribution in [3.05, 3.63) is 12.2 Å². The van der Waals surface area contributed by atoms with Crippen molar-refractivity contribution in [1.82, 2.24) is 0 Å². The van der Waals surface area contributed by atoms with Gasteiger partial charge in [-0.2, -0.15) is 8.42 Å². The van der Waals surface area contributed by atoms with Crippen LogP contribution in [0.3, 0.4) is 0 Å². The molecule has 0 bridgehead atoms. The van der Waals surface area contributed by atoms with Crippen LogP contribution in [0.1, 0.15) is 90.9 Å². The third-order valence-electron chi connectivity index (χ3n) is 4.19. The van der Waals surface area contributed by atoms with E-state index in [1.54, 1.807) is 0 Å². The number of ketones is 1. The van der Waals surface area contributed by atoms with E-state index in [2.05, 4.69) is 19.1 Å². The molecule has 0 aliphatic rings. The van der Waals surface area contributed by atoms with E-state index >= 15 is 0 Å². The number of allylic oxidation sites excluding steroid dienone is 2. The number of carbonyl (C=O) groups excluding carboxylic acids is 1. The number of hydrogen-bond acceptors (Lipinski definition) is 4. The number of rotatable bonds is 15. The van der Waals surface area contributed by atoms with Crippen LogP contribution in [0.2, 0.25) is 0 Å². The average molecular weight is 363 g/mol. The van der Waals surface area contributed by atoms with Gasteiger partial charge in [0.05, 0.1) is 0 Å². The maximum atomic E-state index is 11.6. The molecule has 0 aromatic carbocycles. The summed E-state index contributed by atoms with van der Waals surface area (Å²) in [5, 5.41) is 9.52. The summed E-state index contributed by atoms with van der Waals surface area (Å²) >= 11 is 0. The fourth-order valence-electron chi connectivity index (χ4n) is 2.38. The van der Waals surface area contributed by atoms with E-state index in [1.165, 1.54) is 25.7 Å². The zero-order valence-corrected chi connectivity index (χ0v) is 16.0. The highest BCUT2D eigenvalue weighted by molar-refractivity contribution is 7.87. The van der Waals surface area contributed by atoms with Crippen LogP contribution in [0.15, 0.2) is 12.2 Å². The first-order chi connectivity index (χ1) is 11.2. The lowest BCUT2D eigenvalue weighted by atomic mass is 10.1. The van der Waals surface area contributed by atoms with Gasteiger partial charge in [0.15, 0.2) is 5.78 Å². The van der Waals surface area contributed by atoms with Crippen molar-refractivity contribution in [3.63, 3.8) is 0 Å². The van der Waals surface area contributed by atoms with Crippen molar-refractivity contribution in [2.75, 3.05) is 0 Å². The lowest BCUT2D eigenvalue weighted by molar-refractivity contribution is -0.129. The molecule has 24 heavy (non-hydrogen) atoms. The fourth-order valence-corrected chi connectivity index (χ4v) is 2.77. The molecule has 0 heterocycles. The van der Waals surface area contributed by atoms with Crippen LogP contribution in [0, 0.1) is 0 Å². The fraction of sp³-hybridized carbons (Fsp3) is 0.833.